The second-order valence-electron chi connectivity index (χ2n) is 3.61. The van der Waals surface area contributed by atoms with Crippen molar-refractivity contribution < 1.29 is 0 Å². The van der Waals surface area contributed by atoms with Crippen molar-refractivity contribution >= 4 is 0 Å². The highest BCUT2D eigenvalue weighted by Crippen LogP contribution is 2.02. The van der Waals surface area contributed by atoms with Crippen molar-refractivity contribution in [2.24, 2.45) is 0 Å². The third kappa shape index (κ3) is 13.0. The molecule has 0 aromatic heterocycles. The normalized spacial score (nSPS) is 12.9. The number of hydrogen-bond acceptors (Lipinski definition) is 0. The SMILES string of the molecule is C1=CCC=C1.C=CC=CCCCCCC. The van der Waals surface area contributed by atoms with Crippen LogP contribution in [0.2, 0.25) is 0 Å². The molecule has 0 nitrogen and oxygen atoms in total. The Morgan fingerprint density at radius 3 is 2.33 bits per heavy atom. The van der Waals surface area contributed by atoms with E-state index in [1.165, 1.54) is 32.1 Å². The standard InChI is InChI=1S/C10H18.C5H6/c1-3-5-7-9-10-8-6-4-2;1-2-4-5-3-1/h3,5,7H,1,4,6,8-10H2,2H3;1-4H,5H2. The van der Waals surface area contributed by atoms with Crippen molar-refractivity contribution in [1.82, 2.24) is 0 Å². The van der Waals surface area contributed by atoms with Gasteiger partial charge in [-0.25, -0.2) is 0 Å². The zero-order chi connectivity index (χ0) is 11.2. The first-order valence-corrected chi connectivity index (χ1v) is 6.01. The Labute approximate surface area is 95.1 Å². The van der Waals surface area contributed by atoms with Crippen LogP contribution in [0.15, 0.2) is 49.1 Å². The fourth-order valence-electron chi connectivity index (χ4n) is 1.27. The van der Waals surface area contributed by atoms with Crippen molar-refractivity contribution in [2.45, 2.75) is 45.4 Å². The summed E-state index contributed by atoms with van der Waals surface area (Å²) in [5.41, 5.74) is 0. The molecule has 0 heterocycles. The Hall–Kier alpha value is -1.04. The molecule has 0 saturated heterocycles. The molecule has 1 rings (SSSR count). The molecular weight excluding hydrogens is 180 g/mol. The zero-order valence-electron chi connectivity index (χ0n) is 9.99. The van der Waals surface area contributed by atoms with Crippen LogP contribution >= 0.6 is 0 Å². The topological polar surface area (TPSA) is 0 Å². The van der Waals surface area contributed by atoms with Gasteiger partial charge in [-0.15, -0.1) is 0 Å². The number of rotatable bonds is 6. The van der Waals surface area contributed by atoms with Gasteiger partial charge in [0.05, 0.1) is 0 Å². The van der Waals surface area contributed by atoms with E-state index in [4.69, 9.17) is 0 Å². The average molecular weight is 204 g/mol. The van der Waals surface area contributed by atoms with Crippen LogP contribution in [0.3, 0.4) is 0 Å². The lowest BCUT2D eigenvalue weighted by molar-refractivity contribution is 0.674. The molecule has 0 aliphatic heterocycles. The quantitative estimate of drug-likeness (QED) is 0.412. The van der Waals surface area contributed by atoms with Gasteiger partial charge in [0.2, 0.25) is 0 Å². The second-order valence-corrected chi connectivity index (χ2v) is 3.61. The van der Waals surface area contributed by atoms with Gasteiger partial charge >= 0.3 is 0 Å². The summed E-state index contributed by atoms with van der Waals surface area (Å²) in [4.78, 5) is 0. The molecule has 0 heteroatoms. The van der Waals surface area contributed by atoms with Crippen molar-refractivity contribution in [2.75, 3.05) is 0 Å². The molecule has 0 fully saturated rings. The van der Waals surface area contributed by atoms with Gasteiger partial charge in [-0.3, -0.25) is 0 Å². The first kappa shape index (κ1) is 14.0. The molecule has 0 aromatic rings. The summed E-state index contributed by atoms with van der Waals surface area (Å²) < 4.78 is 0. The minimum absolute atomic E-state index is 1.14. The lowest BCUT2D eigenvalue weighted by atomic mass is 10.1. The molecular formula is C15H24. The van der Waals surface area contributed by atoms with E-state index in [0.717, 1.165) is 6.42 Å². The van der Waals surface area contributed by atoms with Crippen LogP contribution < -0.4 is 0 Å². The Kier molecular flexibility index (Phi) is 12.1. The van der Waals surface area contributed by atoms with Crippen molar-refractivity contribution in [1.29, 1.82) is 0 Å². The average Bonchev–Trinajstić information content (AvgIpc) is 2.82. The van der Waals surface area contributed by atoms with Crippen LogP contribution in [0.1, 0.15) is 45.4 Å². The Morgan fingerprint density at radius 1 is 1.13 bits per heavy atom. The molecule has 0 radical (unpaired) electrons. The second kappa shape index (κ2) is 13.0. The van der Waals surface area contributed by atoms with E-state index >= 15 is 0 Å². The van der Waals surface area contributed by atoms with Crippen molar-refractivity contribution in [3.05, 3.63) is 49.1 Å². The van der Waals surface area contributed by atoms with E-state index < -0.39 is 0 Å². The van der Waals surface area contributed by atoms with Gasteiger partial charge in [-0.2, -0.15) is 0 Å². The summed E-state index contributed by atoms with van der Waals surface area (Å²) in [6.07, 6.45) is 22.2. The maximum absolute atomic E-state index is 3.61. The molecule has 0 unspecified atom stereocenters. The van der Waals surface area contributed by atoms with Gasteiger partial charge in [-0.05, 0) is 19.3 Å². The van der Waals surface area contributed by atoms with Gasteiger partial charge in [0.15, 0.2) is 0 Å². The molecule has 0 amide bonds. The minimum atomic E-state index is 1.14. The van der Waals surface area contributed by atoms with Crippen LogP contribution in [-0.4, -0.2) is 0 Å². The van der Waals surface area contributed by atoms with E-state index in [2.05, 4.69) is 43.9 Å². The van der Waals surface area contributed by atoms with Gasteiger partial charge < -0.3 is 0 Å². The van der Waals surface area contributed by atoms with Crippen molar-refractivity contribution in [3.8, 4) is 0 Å². The molecule has 0 bridgehead atoms. The summed E-state index contributed by atoms with van der Waals surface area (Å²) in [6.45, 7) is 5.84. The Bertz CT molecular complexity index is 196. The van der Waals surface area contributed by atoms with E-state index in [1.807, 2.05) is 12.2 Å². The number of unbranched alkanes of at least 4 members (excludes halogenated alkanes) is 4. The first-order chi connectivity index (χ1) is 7.41. The van der Waals surface area contributed by atoms with Crippen LogP contribution in [-0.2, 0) is 0 Å². The van der Waals surface area contributed by atoms with Crippen LogP contribution in [0, 0.1) is 0 Å². The minimum Gasteiger partial charge on any atom is -0.0991 e. The predicted molar refractivity (Wildman–Crippen MR) is 71.0 cm³/mol. The third-order valence-corrected chi connectivity index (χ3v) is 2.15. The molecule has 84 valence electrons. The molecule has 0 saturated carbocycles. The third-order valence-electron chi connectivity index (χ3n) is 2.15. The van der Waals surface area contributed by atoms with E-state index in [9.17, 15) is 0 Å². The highest BCUT2D eigenvalue weighted by molar-refractivity contribution is 5.11. The molecule has 15 heavy (non-hydrogen) atoms. The maximum atomic E-state index is 3.61. The first-order valence-electron chi connectivity index (χ1n) is 6.01. The van der Waals surface area contributed by atoms with Crippen molar-refractivity contribution in [3.63, 3.8) is 0 Å². The summed E-state index contributed by atoms with van der Waals surface area (Å²) in [7, 11) is 0. The fourth-order valence-corrected chi connectivity index (χ4v) is 1.27. The highest BCUT2D eigenvalue weighted by atomic mass is 13.9. The molecule has 0 N–H and O–H groups in total. The smallest absolute Gasteiger partial charge is 0.0163 e. The van der Waals surface area contributed by atoms with Crippen LogP contribution in [0.5, 0.6) is 0 Å². The lowest BCUT2D eigenvalue weighted by Gasteiger charge is -1.92. The molecule has 0 spiro atoms. The monoisotopic (exact) mass is 204 g/mol. The molecule has 0 aromatic carbocycles. The Morgan fingerprint density at radius 2 is 1.87 bits per heavy atom. The molecule has 1 aliphatic rings. The van der Waals surface area contributed by atoms with Gasteiger partial charge in [0, 0.05) is 0 Å². The fraction of sp³-hybridized carbons (Fsp3) is 0.467. The van der Waals surface area contributed by atoms with Gasteiger partial charge in [0.25, 0.3) is 0 Å². The summed E-state index contributed by atoms with van der Waals surface area (Å²) >= 11 is 0. The van der Waals surface area contributed by atoms with Gasteiger partial charge in [0.1, 0.15) is 0 Å². The summed E-state index contributed by atoms with van der Waals surface area (Å²) in [5, 5.41) is 0. The van der Waals surface area contributed by atoms with Crippen LogP contribution in [0.25, 0.3) is 0 Å². The predicted octanol–water partition coefficient (Wildman–Crippen LogP) is 5.20. The number of hydrogen-bond donors (Lipinski definition) is 0. The Balaban J connectivity index is 0.000000322. The largest absolute Gasteiger partial charge is 0.0991 e. The van der Waals surface area contributed by atoms with Crippen LogP contribution in [0.4, 0.5) is 0 Å². The van der Waals surface area contributed by atoms with E-state index in [0.29, 0.717) is 0 Å². The molecule has 1 aliphatic carbocycles. The highest BCUT2D eigenvalue weighted by Gasteiger charge is 1.82. The summed E-state index contributed by atoms with van der Waals surface area (Å²) in [6, 6.07) is 0. The van der Waals surface area contributed by atoms with Gasteiger partial charge in [-0.1, -0.05) is 75.3 Å². The summed E-state index contributed by atoms with van der Waals surface area (Å²) in [5.74, 6) is 0. The molecule has 0 atom stereocenters. The zero-order valence-corrected chi connectivity index (χ0v) is 9.99. The number of allylic oxidation sites excluding steroid dienone is 7. The van der Waals surface area contributed by atoms with E-state index in [1.54, 1.807) is 0 Å². The maximum Gasteiger partial charge on any atom is -0.0163 e. The lowest BCUT2D eigenvalue weighted by Crippen LogP contribution is -1.72. The van der Waals surface area contributed by atoms with E-state index in [-0.39, 0.29) is 0 Å².